The van der Waals surface area contributed by atoms with E-state index in [2.05, 4.69) is 75.1 Å². The molecule has 1 atom stereocenters. The third kappa shape index (κ3) is 7.17. The third-order valence-electron chi connectivity index (χ3n) is 6.45. The van der Waals surface area contributed by atoms with Gasteiger partial charge in [0.15, 0.2) is 5.96 Å². The van der Waals surface area contributed by atoms with Crippen LogP contribution in [0.4, 0.5) is 0 Å². The maximum absolute atomic E-state index is 11.9. The Bertz CT molecular complexity index is 914. The fraction of sp³-hybridized carbons (Fsp3) is 0.462. The van der Waals surface area contributed by atoms with Crippen LogP contribution in [0.2, 0.25) is 0 Å². The van der Waals surface area contributed by atoms with Gasteiger partial charge in [-0.3, -0.25) is 14.7 Å². The number of rotatable bonds is 8. The largest absolute Gasteiger partial charge is 0.354 e. The average molecular weight is 562 g/mol. The maximum atomic E-state index is 11.9. The molecule has 2 N–H and O–H groups in total. The second kappa shape index (κ2) is 12.9. The zero-order valence-corrected chi connectivity index (χ0v) is 21.8. The molecule has 2 heterocycles. The highest BCUT2D eigenvalue weighted by atomic mass is 127. The van der Waals surface area contributed by atoms with Crippen molar-refractivity contribution in [2.45, 2.75) is 44.8 Å². The van der Waals surface area contributed by atoms with Crippen LogP contribution in [0.15, 0.2) is 59.6 Å². The van der Waals surface area contributed by atoms with Gasteiger partial charge in [-0.1, -0.05) is 54.6 Å². The Morgan fingerprint density at radius 1 is 0.970 bits per heavy atom. The summed E-state index contributed by atoms with van der Waals surface area (Å²) in [6.07, 6.45) is 4.21. The summed E-state index contributed by atoms with van der Waals surface area (Å²) >= 11 is 0. The lowest BCUT2D eigenvalue weighted by atomic mass is 10.1. The SMILES string of the molecule is CN=C(NCc1cccc(CN2CCCC2=O)c1)NCC(c1ccccc1)N1CCCC1.I. The summed E-state index contributed by atoms with van der Waals surface area (Å²) in [4.78, 5) is 20.9. The van der Waals surface area contributed by atoms with Gasteiger partial charge in [0.25, 0.3) is 0 Å². The summed E-state index contributed by atoms with van der Waals surface area (Å²) in [6, 6.07) is 19.6. The van der Waals surface area contributed by atoms with E-state index in [1.54, 1.807) is 0 Å². The summed E-state index contributed by atoms with van der Waals surface area (Å²) in [7, 11) is 1.82. The van der Waals surface area contributed by atoms with Crippen LogP contribution < -0.4 is 10.6 Å². The normalized spacial score (nSPS) is 17.7. The predicted octanol–water partition coefficient (Wildman–Crippen LogP) is 3.93. The fourth-order valence-corrected chi connectivity index (χ4v) is 4.72. The van der Waals surface area contributed by atoms with Crippen LogP contribution in [-0.2, 0) is 17.9 Å². The molecule has 4 rings (SSSR count). The molecule has 0 aromatic heterocycles. The molecule has 2 saturated heterocycles. The first-order chi connectivity index (χ1) is 15.7. The first-order valence-electron chi connectivity index (χ1n) is 11.8. The number of benzene rings is 2. The van der Waals surface area contributed by atoms with Gasteiger partial charge in [-0.15, -0.1) is 24.0 Å². The van der Waals surface area contributed by atoms with Gasteiger partial charge in [0, 0.05) is 39.6 Å². The van der Waals surface area contributed by atoms with E-state index in [1.807, 2.05) is 11.9 Å². The number of carbonyl (C=O) groups excluding carboxylic acids is 1. The van der Waals surface area contributed by atoms with Crippen LogP contribution in [0.5, 0.6) is 0 Å². The molecule has 0 aliphatic carbocycles. The topological polar surface area (TPSA) is 60.0 Å². The molecule has 2 aromatic carbocycles. The van der Waals surface area contributed by atoms with Gasteiger partial charge in [-0.2, -0.15) is 0 Å². The van der Waals surface area contributed by atoms with Gasteiger partial charge >= 0.3 is 0 Å². The molecular weight excluding hydrogens is 525 g/mol. The number of likely N-dealkylation sites (tertiary alicyclic amines) is 2. The monoisotopic (exact) mass is 561 g/mol. The van der Waals surface area contributed by atoms with Crippen molar-refractivity contribution in [2.75, 3.05) is 33.2 Å². The molecule has 2 aliphatic rings. The van der Waals surface area contributed by atoms with Crippen molar-refractivity contribution < 1.29 is 4.79 Å². The lowest BCUT2D eigenvalue weighted by Gasteiger charge is -2.29. The Kier molecular flexibility index (Phi) is 9.99. The highest BCUT2D eigenvalue weighted by Gasteiger charge is 2.23. The maximum Gasteiger partial charge on any atom is 0.222 e. The van der Waals surface area contributed by atoms with Crippen molar-refractivity contribution in [3.05, 3.63) is 71.3 Å². The summed E-state index contributed by atoms with van der Waals surface area (Å²) in [5.41, 5.74) is 3.72. The lowest BCUT2D eigenvalue weighted by molar-refractivity contribution is -0.128. The van der Waals surface area contributed by atoms with E-state index in [9.17, 15) is 4.79 Å². The van der Waals surface area contributed by atoms with Crippen molar-refractivity contribution in [3.8, 4) is 0 Å². The molecule has 178 valence electrons. The van der Waals surface area contributed by atoms with Gasteiger partial charge in [0.2, 0.25) is 5.91 Å². The number of halogens is 1. The van der Waals surface area contributed by atoms with Crippen molar-refractivity contribution >= 4 is 35.8 Å². The summed E-state index contributed by atoms with van der Waals surface area (Å²) in [5, 5.41) is 6.99. The molecule has 2 fully saturated rings. The third-order valence-corrected chi connectivity index (χ3v) is 6.45. The molecule has 2 aromatic rings. The summed E-state index contributed by atoms with van der Waals surface area (Å²) < 4.78 is 0. The standard InChI is InChI=1S/C26H35N5O.HI/c1-27-26(29-19-24(30-14-5-6-15-30)23-11-3-2-4-12-23)28-18-21-9-7-10-22(17-21)20-31-16-8-13-25(31)32;/h2-4,7,9-12,17,24H,5-6,8,13-16,18-20H2,1H3,(H2,27,28,29);1H. The van der Waals surface area contributed by atoms with E-state index in [1.165, 1.54) is 29.5 Å². The van der Waals surface area contributed by atoms with Crippen LogP contribution in [0.1, 0.15) is 48.4 Å². The molecule has 6 nitrogen and oxygen atoms in total. The van der Waals surface area contributed by atoms with Crippen LogP contribution in [-0.4, -0.2) is 54.9 Å². The smallest absolute Gasteiger partial charge is 0.222 e. The molecule has 7 heteroatoms. The molecule has 0 bridgehead atoms. The minimum atomic E-state index is 0. The van der Waals surface area contributed by atoms with Crippen molar-refractivity contribution in [1.82, 2.24) is 20.4 Å². The summed E-state index contributed by atoms with van der Waals surface area (Å²) in [5.74, 6) is 1.08. The minimum absolute atomic E-state index is 0. The number of guanidine groups is 1. The van der Waals surface area contributed by atoms with Gasteiger partial charge < -0.3 is 15.5 Å². The zero-order chi connectivity index (χ0) is 22.2. The number of amides is 1. The van der Waals surface area contributed by atoms with Gasteiger partial charge in [0.1, 0.15) is 0 Å². The van der Waals surface area contributed by atoms with Crippen LogP contribution in [0, 0.1) is 0 Å². The lowest BCUT2D eigenvalue weighted by Crippen LogP contribution is -2.42. The quantitative estimate of drug-likeness (QED) is 0.292. The number of carbonyl (C=O) groups is 1. The zero-order valence-electron chi connectivity index (χ0n) is 19.5. The number of aliphatic imine (C=N–C) groups is 1. The molecular formula is C26H36IN5O. The van der Waals surface area contributed by atoms with E-state index in [4.69, 9.17) is 0 Å². The van der Waals surface area contributed by atoms with E-state index in [-0.39, 0.29) is 29.9 Å². The number of nitrogens with zero attached hydrogens (tertiary/aromatic N) is 3. The van der Waals surface area contributed by atoms with Crippen molar-refractivity contribution in [2.24, 2.45) is 4.99 Å². The fourth-order valence-electron chi connectivity index (χ4n) is 4.72. The predicted molar refractivity (Wildman–Crippen MR) is 145 cm³/mol. The number of hydrogen-bond acceptors (Lipinski definition) is 3. The highest BCUT2D eigenvalue weighted by molar-refractivity contribution is 14.0. The van der Waals surface area contributed by atoms with Gasteiger partial charge in [-0.05, 0) is 49.0 Å². The molecule has 33 heavy (non-hydrogen) atoms. The van der Waals surface area contributed by atoms with Crippen molar-refractivity contribution in [3.63, 3.8) is 0 Å². The van der Waals surface area contributed by atoms with Gasteiger partial charge in [0.05, 0.1) is 6.04 Å². The Labute approximate surface area is 214 Å². The van der Waals surface area contributed by atoms with Crippen LogP contribution in [0.25, 0.3) is 0 Å². The number of nitrogens with one attached hydrogen (secondary N) is 2. The van der Waals surface area contributed by atoms with E-state index in [0.29, 0.717) is 25.6 Å². The van der Waals surface area contributed by atoms with E-state index >= 15 is 0 Å². The second-order valence-electron chi connectivity index (χ2n) is 8.72. The molecule has 0 radical (unpaired) electrons. The average Bonchev–Trinajstić information content (AvgIpc) is 3.49. The van der Waals surface area contributed by atoms with Gasteiger partial charge in [-0.25, -0.2) is 0 Å². The van der Waals surface area contributed by atoms with Crippen molar-refractivity contribution in [1.29, 1.82) is 0 Å². The Balaban J connectivity index is 0.00000306. The molecule has 0 spiro atoms. The van der Waals surface area contributed by atoms with E-state index < -0.39 is 0 Å². The second-order valence-corrected chi connectivity index (χ2v) is 8.72. The first-order valence-corrected chi connectivity index (χ1v) is 11.8. The Hall–Kier alpha value is -2.13. The van der Waals surface area contributed by atoms with Crippen LogP contribution in [0.3, 0.4) is 0 Å². The molecule has 1 amide bonds. The molecule has 0 saturated carbocycles. The minimum Gasteiger partial charge on any atom is -0.354 e. The Morgan fingerprint density at radius 3 is 2.42 bits per heavy atom. The Morgan fingerprint density at radius 2 is 1.73 bits per heavy atom. The van der Waals surface area contributed by atoms with E-state index in [0.717, 1.165) is 38.6 Å². The number of hydrogen-bond donors (Lipinski definition) is 2. The van der Waals surface area contributed by atoms with Crippen LogP contribution >= 0.6 is 24.0 Å². The summed E-state index contributed by atoms with van der Waals surface area (Å²) in [6.45, 7) is 5.40. The molecule has 1 unspecified atom stereocenters. The molecule has 2 aliphatic heterocycles. The first kappa shape index (κ1) is 25.5. The highest BCUT2D eigenvalue weighted by Crippen LogP contribution is 2.24.